The third-order valence-corrected chi connectivity index (χ3v) is 7.44. The van der Waals surface area contributed by atoms with Gasteiger partial charge < -0.3 is 23.7 Å². The molecule has 0 radical (unpaired) electrons. The van der Waals surface area contributed by atoms with Gasteiger partial charge in [-0.2, -0.15) is 0 Å². The number of rotatable bonds is 12. The Morgan fingerprint density at radius 2 is 1.51 bits per heavy atom. The van der Waals surface area contributed by atoms with Crippen molar-refractivity contribution in [1.82, 2.24) is 0 Å². The molecule has 250 valence electrons. The highest BCUT2D eigenvalue weighted by Crippen LogP contribution is 3.02. The summed E-state index contributed by atoms with van der Waals surface area (Å²) >= 11 is 0. The van der Waals surface area contributed by atoms with Crippen LogP contribution in [0.5, 0.6) is 5.75 Å². The maximum Gasteiger partial charge on any atom is 0.313 e. The van der Waals surface area contributed by atoms with Gasteiger partial charge in [0.15, 0.2) is 17.9 Å². The van der Waals surface area contributed by atoms with Crippen LogP contribution in [0.25, 0.3) is 11.1 Å². The molecular weight excluding hydrogens is 640 g/mol. The molecule has 4 rings (SSSR count). The van der Waals surface area contributed by atoms with Gasteiger partial charge in [-0.15, -0.1) is 0 Å². The first-order valence-electron chi connectivity index (χ1n) is 13.6. The Morgan fingerprint density at radius 3 is 2.07 bits per heavy atom. The van der Waals surface area contributed by atoms with Gasteiger partial charge in [-0.25, -0.2) is 13.2 Å². The average molecular weight is 673 g/mol. The topological polar surface area (TPSA) is 63.2 Å². The zero-order chi connectivity index (χ0) is 33.3. The van der Waals surface area contributed by atoms with E-state index >= 15 is 0 Å². The van der Waals surface area contributed by atoms with Crippen molar-refractivity contribution in [1.29, 1.82) is 0 Å². The molecule has 0 amide bonds. The van der Waals surface area contributed by atoms with Gasteiger partial charge >= 0.3 is 10.2 Å². The molecule has 0 aromatic heterocycles. The van der Waals surface area contributed by atoms with E-state index in [0.29, 0.717) is 55.8 Å². The van der Waals surface area contributed by atoms with Gasteiger partial charge in [0.2, 0.25) is 0 Å². The molecule has 1 aliphatic rings. The molecule has 6 nitrogen and oxygen atoms in total. The molecule has 0 bridgehead atoms. The van der Waals surface area contributed by atoms with Crippen LogP contribution >= 0.6 is 10.2 Å². The lowest BCUT2D eigenvalue weighted by atomic mass is 10.0. The number of carbonyl (C=O) groups excluding carboxylic acids is 1. The first kappa shape index (κ1) is 36.2. The molecule has 1 aliphatic heterocycles. The van der Waals surface area contributed by atoms with E-state index < -0.39 is 44.4 Å². The number of carbonyl (C=O) groups is 1. The van der Waals surface area contributed by atoms with Crippen molar-refractivity contribution in [2.75, 3.05) is 46.8 Å². The molecule has 1 saturated heterocycles. The maximum absolute atomic E-state index is 14.7. The van der Waals surface area contributed by atoms with Crippen molar-refractivity contribution < 1.29 is 61.1 Å². The smallest absolute Gasteiger partial charge is 0.313 e. The van der Waals surface area contributed by atoms with Gasteiger partial charge in [-0.05, 0) is 42.3 Å². The standard InChI is InChI=1S/C23H28F2O5.C7H4F6OS/c1-3-8-27-9-10-28-13-16-14-29-23(30-15-16)18-4-6-19(20(24)12-18)17-5-7-22(26-2)21(25)11-17;8-6-3-5(4-14)1-2-7(6)15(9,10,11,12)13/h4-7,11-12,16,23H,3,8-10,13-15H2,1-2H3;1-4H. The Labute approximate surface area is 254 Å². The average Bonchev–Trinajstić information content (AvgIpc) is 2.98. The monoisotopic (exact) mass is 672 g/mol. The minimum atomic E-state index is -10.0. The molecule has 0 unspecified atom stereocenters. The Hall–Kier alpha value is -3.24. The number of aldehydes is 1. The van der Waals surface area contributed by atoms with Gasteiger partial charge in [-0.3, -0.25) is 4.79 Å². The van der Waals surface area contributed by atoms with Crippen molar-refractivity contribution in [2.24, 2.45) is 5.92 Å². The van der Waals surface area contributed by atoms with E-state index in [1.54, 1.807) is 18.2 Å². The van der Waals surface area contributed by atoms with Crippen molar-refractivity contribution in [3.05, 3.63) is 83.2 Å². The molecule has 45 heavy (non-hydrogen) atoms. The molecule has 0 atom stereocenters. The highest BCUT2D eigenvalue weighted by Gasteiger charge is 2.67. The lowest BCUT2D eigenvalue weighted by Crippen LogP contribution is -2.30. The summed E-state index contributed by atoms with van der Waals surface area (Å²) in [4.78, 5) is 7.44. The highest BCUT2D eigenvalue weighted by molar-refractivity contribution is 8.45. The molecular formula is C30H32F8O6S. The quantitative estimate of drug-likeness (QED) is 0.109. The molecule has 3 aromatic rings. The lowest BCUT2D eigenvalue weighted by Gasteiger charge is -2.40. The second kappa shape index (κ2) is 14.5. The van der Waals surface area contributed by atoms with Crippen molar-refractivity contribution in [3.63, 3.8) is 0 Å². The third kappa shape index (κ3) is 10.7. The lowest BCUT2D eigenvalue weighted by molar-refractivity contribution is -0.212. The third-order valence-electron chi connectivity index (χ3n) is 6.28. The summed E-state index contributed by atoms with van der Waals surface area (Å²) in [5.74, 6) is -2.92. The molecule has 0 aliphatic carbocycles. The number of ether oxygens (including phenoxy) is 5. The van der Waals surface area contributed by atoms with E-state index in [-0.39, 0.29) is 30.1 Å². The predicted molar refractivity (Wildman–Crippen MR) is 152 cm³/mol. The van der Waals surface area contributed by atoms with Gasteiger partial charge in [-0.1, -0.05) is 50.6 Å². The maximum atomic E-state index is 14.7. The molecule has 0 spiro atoms. The Kier molecular flexibility index (Phi) is 11.6. The second-order valence-corrected chi connectivity index (χ2v) is 12.3. The van der Waals surface area contributed by atoms with Gasteiger partial charge in [0.05, 0.1) is 40.1 Å². The minimum absolute atomic E-state index is 0.0538. The summed E-state index contributed by atoms with van der Waals surface area (Å²) < 4.78 is 129. The normalized spacial score (nSPS) is 18.3. The van der Waals surface area contributed by atoms with Crippen molar-refractivity contribution >= 4 is 16.5 Å². The van der Waals surface area contributed by atoms with Crippen LogP contribution in [0.2, 0.25) is 0 Å². The number of hydrogen-bond acceptors (Lipinski definition) is 6. The molecule has 1 fully saturated rings. The first-order valence-corrected chi connectivity index (χ1v) is 15.5. The summed E-state index contributed by atoms with van der Waals surface area (Å²) in [6.07, 6.45) is 0.410. The molecule has 0 N–H and O–H groups in total. The van der Waals surface area contributed by atoms with Crippen LogP contribution in [0.4, 0.5) is 32.6 Å². The highest BCUT2D eigenvalue weighted by atomic mass is 32.5. The zero-order valence-corrected chi connectivity index (χ0v) is 25.1. The van der Waals surface area contributed by atoms with Gasteiger partial charge in [0, 0.05) is 29.2 Å². The minimum Gasteiger partial charge on any atom is -0.494 e. The molecule has 3 aromatic carbocycles. The van der Waals surface area contributed by atoms with Gasteiger partial charge in [0.1, 0.15) is 22.8 Å². The largest absolute Gasteiger partial charge is 0.494 e. The van der Waals surface area contributed by atoms with E-state index in [1.165, 1.54) is 25.3 Å². The second-order valence-electron chi connectivity index (χ2n) is 9.92. The van der Waals surface area contributed by atoms with Crippen molar-refractivity contribution in [3.8, 4) is 16.9 Å². The summed E-state index contributed by atoms with van der Waals surface area (Å²) in [6, 6.07) is 9.49. The SMILES string of the molecule is CCCOCCOCC1COC(c2ccc(-c3ccc(OC)c(F)c3)c(F)c2)OC1.O=Cc1ccc(S(F)(F)(F)(F)F)c(F)c1. The fourth-order valence-corrected chi connectivity index (χ4v) is 4.85. The fourth-order valence-electron chi connectivity index (χ4n) is 4.10. The van der Waals surface area contributed by atoms with Gasteiger partial charge in [0.25, 0.3) is 0 Å². The Balaban J connectivity index is 0.000000309. The van der Waals surface area contributed by atoms with E-state index in [2.05, 4.69) is 6.92 Å². The Bertz CT molecular complexity index is 1450. The van der Waals surface area contributed by atoms with Crippen LogP contribution in [0.15, 0.2) is 59.5 Å². The molecule has 1 heterocycles. The predicted octanol–water partition coefficient (Wildman–Crippen LogP) is 9.04. The molecule has 0 saturated carbocycles. The van der Waals surface area contributed by atoms with Crippen LogP contribution in [-0.2, 0) is 18.9 Å². The van der Waals surface area contributed by atoms with Crippen LogP contribution in [0.3, 0.4) is 0 Å². The first-order chi connectivity index (χ1) is 21.1. The summed E-state index contributed by atoms with van der Waals surface area (Å²) in [5.41, 5.74) is 0.867. The van der Waals surface area contributed by atoms with Crippen LogP contribution < -0.4 is 4.74 Å². The number of hydrogen-bond donors (Lipinski definition) is 0. The van der Waals surface area contributed by atoms with Crippen molar-refractivity contribution in [2.45, 2.75) is 24.5 Å². The van der Waals surface area contributed by atoms with E-state index in [9.17, 15) is 37.4 Å². The summed E-state index contributed by atoms with van der Waals surface area (Å²) in [5, 5.41) is 0. The number of halogens is 8. The summed E-state index contributed by atoms with van der Waals surface area (Å²) in [6.45, 7) is 5.38. The number of methoxy groups -OCH3 is 1. The number of benzene rings is 3. The Morgan fingerprint density at radius 1 is 0.822 bits per heavy atom. The van der Waals surface area contributed by atoms with Crippen LogP contribution in [-0.4, -0.2) is 53.0 Å². The van der Waals surface area contributed by atoms with E-state index in [4.69, 9.17) is 23.7 Å². The fraction of sp³-hybridized carbons (Fsp3) is 0.367. The van der Waals surface area contributed by atoms with E-state index in [1.807, 2.05) is 0 Å². The van der Waals surface area contributed by atoms with Crippen LogP contribution in [0, 0.1) is 23.4 Å². The molecule has 15 heteroatoms. The van der Waals surface area contributed by atoms with E-state index in [0.717, 1.165) is 13.0 Å². The zero-order valence-electron chi connectivity index (χ0n) is 24.3. The summed E-state index contributed by atoms with van der Waals surface area (Å²) in [7, 11) is -8.62. The van der Waals surface area contributed by atoms with Crippen LogP contribution in [0.1, 0.15) is 35.6 Å².